The number of hydrogen-bond acceptors (Lipinski definition) is 17. The number of aliphatic hydroxyl groups excluding tert-OH is 2. The average molecular weight is 1010 g/mol. The van der Waals surface area contributed by atoms with Gasteiger partial charge in [0.15, 0.2) is 0 Å². The van der Waals surface area contributed by atoms with Crippen LogP contribution in [0.1, 0.15) is 99.3 Å². The third kappa shape index (κ3) is 23.0. The highest BCUT2D eigenvalue weighted by molar-refractivity contribution is 5.98. The number of amides is 10. The third-order valence-electron chi connectivity index (χ3n) is 11.2. The van der Waals surface area contributed by atoms with Crippen LogP contribution in [0.4, 0.5) is 0 Å². The molecular formula is C44H83N15O12. The molecule has 0 bridgehead atoms. The van der Waals surface area contributed by atoms with Crippen LogP contribution in [0.25, 0.3) is 0 Å². The van der Waals surface area contributed by atoms with Gasteiger partial charge in [0.25, 0.3) is 0 Å². The fourth-order valence-electron chi connectivity index (χ4n) is 7.33. The summed E-state index contributed by atoms with van der Waals surface area (Å²) < 4.78 is 0. The Bertz CT molecular complexity index is 1770. The van der Waals surface area contributed by atoms with E-state index in [1.165, 1.54) is 13.8 Å². The van der Waals surface area contributed by atoms with Crippen LogP contribution in [0.15, 0.2) is 0 Å². The molecule has 0 spiro atoms. The summed E-state index contributed by atoms with van der Waals surface area (Å²) in [4.78, 5) is 137. The Kier molecular flexibility index (Phi) is 29.6. The Labute approximate surface area is 415 Å². The van der Waals surface area contributed by atoms with Crippen molar-refractivity contribution in [3.05, 3.63) is 0 Å². The minimum absolute atomic E-state index is 0.0490. The van der Waals surface area contributed by atoms with Gasteiger partial charge in [0, 0.05) is 13.0 Å². The topological polar surface area (TPSA) is 462 Å². The van der Waals surface area contributed by atoms with E-state index >= 15 is 0 Å². The van der Waals surface area contributed by atoms with E-state index in [4.69, 9.17) is 28.7 Å². The van der Waals surface area contributed by atoms with Crippen molar-refractivity contribution >= 4 is 59.1 Å². The summed E-state index contributed by atoms with van der Waals surface area (Å²) in [6.45, 7) is 8.84. The Morgan fingerprint density at radius 3 is 1.41 bits per heavy atom. The maximum absolute atomic E-state index is 14.2. The van der Waals surface area contributed by atoms with Crippen LogP contribution < -0.4 is 81.8 Å². The van der Waals surface area contributed by atoms with Crippen molar-refractivity contribution in [2.45, 2.75) is 166 Å². The van der Waals surface area contributed by atoms with Gasteiger partial charge in [-0.3, -0.25) is 47.9 Å². The van der Waals surface area contributed by atoms with Crippen LogP contribution in [0.5, 0.6) is 0 Å². The molecule has 1 rings (SSSR count). The zero-order valence-corrected chi connectivity index (χ0v) is 42.0. The Morgan fingerprint density at radius 1 is 0.563 bits per heavy atom. The zero-order chi connectivity index (χ0) is 54.0. The fourth-order valence-corrected chi connectivity index (χ4v) is 7.33. The molecule has 406 valence electrons. The number of hydrogen-bond donors (Lipinski definition) is 17. The highest BCUT2D eigenvalue weighted by Crippen LogP contribution is 2.12. The zero-order valence-electron chi connectivity index (χ0n) is 42.0. The van der Waals surface area contributed by atoms with Crippen LogP contribution in [0.2, 0.25) is 0 Å². The van der Waals surface area contributed by atoms with Crippen molar-refractivity contribution in [1.82, 2.24) is 53.2 Å². The first-order chi connectivity index (χ1) is 33.4. The summed E-state index contributed by atoms with van der Waals surface area (Å²) in [5, 5.41) is 46.3. The van der Waals surface area contributed by atoms with Crippen LogP contribution in [0.3, 0.4) is 0 Å². The molecule has 1 fully saturated rings. The van der Waals surface area contributed by atoms with Crippen molar-refractivity contribution in [2.24, 2.45) is 40.5 Å². The number of carbonyl (C=O) groups excluding carboxylic acids is 10. The highest BCUT2D eigenvalue weighted by Gasteiger charge is 2.37. The lowest BCUT2D eigenvalue weighted by atomic mass is 9.99. The number of carbonyl (C=O) groups is 10. The summed E-state index contributed by atoms with van der Waals surface area (Å²) in [7, 11) is 0. The molecule has 0 aromatic carbocycles. The first-order valence-corrected chi connectivity index (χ1v) is 24.3. The second-order valence-corrected chi connectivity index (χ2v) is 18.5. The second kappa shape index (κ2) is 33.1. The lowest BCUT2D eigenvalue weighted by Gasteiger charge is -2.29. The minimum atomic E-state index is -1.65. The molecule has 1 aliphatic heterocycles. The smallest absolute Gasteiger partial charge is 0.245 e. The van der Waals surface area contributed by atoms with Crippen LogP contribution in [0, 0.1) is 11.8 Å². The van der Waals surface area contributed by atoms with Crippen molar-refractivity contribution < 1.29 is 58.2 Å². The highest BCUT2D eigenvalue weighted by atomic mass is 16.3. The van der Waals surface area contributed by atoms with Gasteiger partial charge in [-0.1, -0.05) is 27.7 Å². The molecular weight excluding hydrogens is 931 g/mol. The van der Waals surface area contributed by atoms with Crippen molar-refractivity contribution in [2.75, 3.05) is 39.3 Å². The quantitative estimate of drug-likeness (QED) is 0.0479. The maximum Gasteiger partial charge on any atom is 0.245 e. The van der Waals surface area contributed by atoms with Crippen molar-refractivity contribution in [3.63, 3.8) is 0 Å². The Balaban J connectivity index is 3.89. The van der Waals surface area contributed by atoms with E-state index in [0.29, 0.717) is 6.42 Å². The van der Waals surface area contributed by atoms with Crippen LogP contribution in [-0.4, -0.2) is 175 Å². The number of nitrogens with one attached hydrogen (secondary N) is 10. The van der Waals surface area contributed by atoms with E-state index in [0.717, 1.165) is 0 Å². The minimum Gasteiger partial charge on any atom is -0.391 e. The van der Waals surface area contributed by atoms with Gasteiger partial charge in [0.05, 0.1) is 12.2 Å². The molecule has 27 heteroatoms. The second-order valence-electron chi connectivity index (χ2n) is 18.5. The molecule has 0 aromatic heterocycles. The normalized spacial score (nSPS) is 24.4. The molecule has 22 N–H and O–H groups in total. The molecule has 1 saturated heterocycles. The van der Waals surface area contributed by atoms with Gasteiger partial charge in [-0.25, -0.2) is 0 Å². The lowest BCUT2D eigenvalue weighted by molar-refractivity contribution is -0.136. The van der Waals surface area contributed by atoms with Crippen molar-refractivity contribution in [1.29, 1.82) is 0 Å². The summed E-state index contributed by atoms with van der Waals surface area (Å²) in [6.07, 6.45) is -3.62. The molecule has 1 aliphatic rings. The van der Waals surface area contributed by atoms with Gasteiger partial charge in [0.1, 0.15) is 54.4 Å². The van der Waals surface area contributed by atoms with E-state index in [9.17, 15) is 58.2 Å². The summed E-state index contributed by atoms with van der Waals surface area (Å²) in [6, 6.07) is -12.9. The third-order valence-corrected chi connectivity index (χ3v) is 11.2. The molecule has 0 aliphatic carbocycles. The lowest BCUT2D eigenvalue weighted by Crippen LogP contribution is -2.61. The number of aliphatic hydroxyl groups is 2. The Morgan fingerprint density at radius 2 is 1.00 bits per heavy atom. The maximum atomic E-state index is 14.2. The summed E-state index contributed by atoms with van der Waals surface area (Å²) in [5.74, 6) is -9.03. The van der Waals surface area contributed by atoms with Gasteiger partial charge in [-0.05, 0) is 110 Å². The molecule has 0 radical (unpaired) electrons. The first kappa shape index (κ1) is 63.4. The monoisotopic (exact) mass is 1010 g/mol. The van der Waals surface area contributed by atoms with Crippen LogP contribution in [-0.2, 0) is 47.9 Å². The van der Waals surface area contributed by atoms with Gasteiger partial charge in [-0.15, -0.1) is 0 Å². The molecule has 0 aromatic rings. The molecule has 2 unspecified atom stereocenters. The van der Waals surface area contributed by atoms with E-state index in [-0.39, 0.29) is 89.5 Å². The largest absolute Gasteiger partial charge is 0.391 e. The van der Waals surface area contributed by atoms with E-state index < -0.39 is 139 Å². The molecule has 10 amide bonds. The molecule has 11 atom stereocenters. The molecule has 0 saturated carbocycles. The van der Waals surface area contributed by atoms with Gasteiger partial charge in [-0.2, -0.15) is 0 Å². The average Bonchev–Trinajstić information content (AvgIpc) is 3.29. The van der Waals surface area contributed by atoms with Gasteiger partial charge >= 0.3 is 0 Å². The molecule has 71 heavy (non-hydrogen) atoms. The molecule has 1 heterocycles. The van der Waals surface area contributed by atoms with E-state index in [2.05, 4.69) is 53.2 Å². The van der Waals surface area contributed by atoms with Gasteiger partial charge in [0.2, 0.25) is 59.1 Å². The summed E-state index contributed by atoms with van der Waals surface area (Å²) in [5.41, 5.74) is 28.8. The number of rotatable bonds is 22. The van der Waals surface area contributed by atoms with Crippen LogP contribution >= 0.6 is 0 Å². The van der Waals surface area contributed by atoms with E-state index in [1.807, 2.05) is 0 Å². The number of nitrogens with two attached hydrogens (primary N) is 5. The standard InChI is InChI=1S/C44H83N15O12/c1-22(2)20-31-41(68)53-26(9-15-46)36(63)52-29(12-18-49)40(67)59-34(24(5)60)43(70)50-19-13-30(39(66)51-27(10-16-47)38(65)56-32(21-23(3)4)42(69)57-31)54-37(64)28(11-17-48)55-44(71)35(25(6)61)58-33(62)8-7-14-45/h22-32,34-35,60-61H,7-21,45-49H2,1-6H3,(H,50,70)(H,51,66)(H,52,63)(H,53,68)(H,54,64)(H,55,71)(H,56,65)(H,57,69)(H,58,62)(H,59,67)/t24?,25?,26-,27-,28-,29-,30-,31-,32+,34-,35-/m0/s1. The van der Waals surface area contributed by atoms with Crippen molar-refractivity contribution in [3.8, 4) is 0 Å². The SMILES string of the molecule is CC(C)C[C@@H]1NC(=O)[C@@H](CC(C)C)NC(=O)[C@H](CCN)NC(=O)[C@@H](NC(=O)[C@H](CCN)NC(=O)[C@@H](NC(=O)CCCN)C(C)O)CCNC(=O)[C@H](C(C)O)NC(=O)[C@H](CCN)NC(=O)[C@H](CCN)NC1=O. The Hall–Kier alpha value is -5.58. The predicted molar refractivity (Wildman–Crippen MR) is 260 cm³/mol. The van der Waals surface area contributed by atoms with Gasteiger partial charge < -0.3 is 92.0 Å². The summed E-state index contributed by atoms with van der Waals surface area (Å²) >= 11 is 0. The predicted octanol–water partition coefficient (Wildman–Crippen LogP) is -7.14. The first-order valence-electron chi connectivity index (χ1n) is 24.3. The fraction of sp³-hybridized carbons (Fsp3) is 0.773. The van der Waals surface area contributed by atoms with E-state index in [1.54, 1.807) is 27.7 Å². The molecule has 27 nitrogen and oxygen atoms in total.